The molecule has 30 heavy (non-hydrogen) atoms. The zero-order valence-corrected chi connectivity index (χ0v) is 17.3. The van der Waals surface area contributed by atoms with Gasteiger partial charge in [-0.05, 0) is 36.4 Å². The van der Waals surface area contributed by atoms with Gasteiger partial charge in [0.15, 0.2) is 0 Å². The highest BCUT2D eigenvalue weighted by molar-refractivity contribution is 5.85. The molecule has 7 nitrogen and oxygen atoms in total. The summed E-state index contributed by atoms with van der Waals surface area (Å²) in [5, 5.41) is 5.98. The van der Waals surface area contributed by atoms with E-state index in [0.717, 1.165) is 0 Å². The zero-order chi connectivity index (χ0) is 19.3. The molecule has 2 N–H and O–H groups in total. The van der Waals surface area contributed by atoms with Gasteiger partial charge in [0, 0.05) is 24.5 Å². The fourth-order valence-corrected chi connectivity index (χ4v) is 2.77. The lowest BCUT2D eigenvalue weighted by molar-refractivity contribution is 0.122. The van der Waals surface area contributed by atoms with Crippen LogP contribution in [0.4, 0.5) is 38.0 Å². The van der Waals surface area contributed by atoms with E-state index >= 15 is 0 Å². The Balaban J connectivity index is 0.00000160. The summed E-state index contributed by atoms with van der Waals surface area (Å²) >= 11 is 0. The lowest BCUT2D eigenvalue weighted by Gasteiger charge is -2.27. The first-order chi connectivity index (χ1) is 13.7. The van der Waals surface area contributed by atoms with Crippen molar-refractivity contribution >= 4 is 54.0 Å². The largest absolute Gasteiger partial charge is 0.378 e. The minimum atomic E-state index is -0.370. The molecule has 1 aromatic heterocycles. The normalized spacial score (nSPS) is 13.1. The van der Waals surface area contributed by atoms with Crippen molar-refractivity contribution in [2.75, 3.05) is 41.8 Å². The maximum absolute atomic E-state index is 13.5. The molecular weight excluding hydrogens is 437 g/mol. The number of aromatic nitrogens is 3. The monoisotopic (exact) mass is 456 g/mol. The van der Waals surface area contributed by atoms with Gasteiger partial charge in [0.25, 0.3) is 0 Å². The Labute approximate surface area is 184 Å². The number of halogens is 4. The maximum atomic E-state index is 13.5. The van der Waals surface area contributed by atoms with Crippen molar-refractivity contribution in [3.05, 3.63) is 60.2 Å². The Morgan fingerprint density at radius 2 is 1.27 bits per heavy atom. The third kappa shape index (κ3) is 6.12. The van der Waals surface area contributed by atoms with Crippen LogP contribution in [0.15, 0.2) is 48.5 Å². The number of hydrogen-bond donors (Lipinski definition) is 2. The lowest BCUT2D eigenvalue weighted by Crippen LogP contribution is -2.37. The van der Waals surface area contributed by atoms with Gasteiger partial charge in [-0.2, -0.15) is 15.0 Å². The Hall–Kier alpha value is -2.75. The first-order valence-electron chi connectivity index (χ1n) is 8.80. The Bertz CT molecular complexity index is 910. The van der Waals surface area contributed by atoms with Crippen molar-refractivity contribution in [1.82, 2.24) is 15.0 Å². The first kappa shape index (κ1) is 23.5. The molecule has 0 amide bonds. The van der Waals surface area contributed by atoms with E-state index in [1.165, 1.54) is 24.3 Å². The molecule has 0 atom stereocenters. The van der Waals surface area contributed by atoms with E-state index in [0.29, 0.717) is 43.6 Å². The quantitative estimate of drug-likeness (QED) is 0.591. The van der Waals surface area contributed by atoms with Gasteiger partial charge in [-0.25, -0.2) is 8.78 Å². The van der Waals surface area contributed by atoms with Crippen molar-refractivity contribution in [1.29, 1.82) is 0 Å². The molecule has 2 aromatic carbocycles. The molecule has 1 saturated heterocycles. The molecule has 2 heterocycles. The van der Waals surface area contributed by atoms with Gasteiger partial charge in [-0.15, -0.1) is 24.8 Å². The fraction of sp³-hybridized carbons (Fsp3) is 0.211. The van der Waals surface area contributed by atoms with Crippen molar-refractivity contribution in [3.8, 4) is 0 Å². The average Bonchev–Trinajstić information content (AvgIpc) is 2.68. The summed E-state index contributed by atoms with van der Waals surface area (Å²) in [5.41, 5.74) is 1.02. The van der Waals surface area contributed by atoms with Gasteiger partial charge in [-0.3, -0.25) is 0 Å². The van der Waals surface area contributed by atoms with Crippen LogP contribution in [0.1, 0.15) is 0 Å². The first-order valence-corrected chi connectivity index (χ1v) is 8.80. The highest BCUT2D eigenvalue weighted by Crippen LogP contribution is 2.21. The standard InChI is InChI=1S/C19H18F2N6O.2ClH/c20-13-3-1-5-15(11-13)22-17-24-18(23-16-6-2-4-14(21)12-16)26-19(25-17)27-7-9-28-10-8-27;;/h1-6,11-12H,7-10H2,(H2,22,23,24,25,26);2*1H. The van der Waals surface area contributed by atoms with Gasteiger partial charge in [0.2, 0.25) is 17.8 Å². The van der Waals surface area contributed by atoms with Crippen molar-refractivity contribution in [2.24, 2.45) is 0 Å². The third-order valence-electron chi connectivity index (χ3n) is 4.08. The van der Waals surface area contributed by atoms with Crippen LogP contribution in [0.25, 0.3) is 0 Å². The molecule has 0 saturated carbocycles. The van der Waals surface area contributed by atoms with E-state index in [9.17, 15) is 8.78 Å². The number of nitrogens with one attached hydrogen (secondary N) is 2. The smallest absolute Gasteiger partial charge is 0.233 e. The molecule has 1 aliphatic rings. The van der Waals surface area contributed by atoms with E-state index in [-0.39, 0.29) is 48.3 Å². The topological polar surface area (TPSA) is 75.2 Å². The summed E-state index contributed by atoms with van der Waals surface area (Å²) in [6.45, 7) is 2.43. The number of ether oxygens (including phenoxy) is 1. The number of rotatable bonds is 5. The molecule has 1 fully saturated rings. The van der Waals surface area contributed by atoms with E-state index in [1.807, 2.05) is 4.90 Å². The van der Waals surface area contributed by atoms with E-state index in [2.05, 4.69) is 25.6 Å². The zero-order valence-electron chi connectivity index (χ0n) is 15.7. The second-order valence-electron chi connectivity index (χ2n) is 6.15. The number of morpholine rings is 1. The summed E-state index contributed by atoms with van der Waals surface area (Å²) in [5.74, 6) is 0.217. The van der Waals surface area contributed by atoms with Crippen molar-refractivity contribution < 1.29 is 13.5 Å². The van der Waals surface area contributed by atoms with Crippen LogP contribution in [-0.2, 0) is 4.74 Å². The van der Waals surface area contributed by atoms with E-state index < -0.39 is 0 Å². The predicted molar refractivity (Wildman–Crippen MR) is 117 cm³/mol. The summed E-state index contributed by atoms with van der Waals surface area (Å²) in [6.07, 6.45) is 0. The number of nitrogens with zero attached hydrogens (tertiary/aromatic N) is 4. The highest BCUT2D eigenvalue weighted by atomic mass is 35.5. The van der Waals surface area contributed by atoms with E-state index in [4.69, 9.17) is 4.74 Å². The number of hydrogen-bond acceptors (Lipinski definition) is 7. The fourth-order valence-electron chi connectivity index (χ4n) is 2.77. The minimum absolute atomic E-state index is 0. The second kappa shape index (κ2) is 10.9. The minimum Gasteiger partial charge on any atom is -0.378 e. The van der Waals surface area contributed by atoms with Crippen LogP contribution < -0.4 is 15.5 Å². The SMILES string of the molecule is Cl.Cl.Fc1cccc(Nc2nc(Nc3cccc(F)c3)nc(N3CCOCC3)n2)c1. The molecule has 4 rings (SSSR count). The molecule has 0 unspecified atom stereocenters. The highest BCUT2D eigenvalue weighted by Gasteiger charge is 2.17. The van der Waals surface area contributed by atoms with Crippen molar-refractivity contribution in [2.45, 2.75) is 0 Å². The van der Waals surface area contributed by atoms with Crippen LogP contribution >= 0.6 is 24.8 Å². The van der Waals surface area contributed by atoms with Gasteiger partial charge in [0.05, 0.1) is 13.2 Å². The molecular formula is C19H20Cl2F2N6O. The molecule has 160 valence electrons. The van der Waals surface area contributed by atoms with Crippen LogP contribution in [0.3, 0.4) is 0 Å². The van der Waals surface area contributed by atoms with E-state index in [1.54, 1.807) is 24.3 Å². The van der Waals surface area contributed by atoms with Gasteiger partial charge < -0.3 is 20.3 Å². The number of anilines is 5. The predicted octanol–water partition coefficient (Wildman–Crippen LogP) is 4.32. The summed E-state index contributed by atoms with van der Waals surface area (Å²) in [7, 11) is 0. The summed E-state index contributed by atoms with van der Waals surface area (Å²) < 4.78 is 32.3. The van der Waals surface area contributed by atoms with Gasteiger partial charge in [0.1, 0.15) is 11.6 Å². The molecule has 0 spiro atoms. The molecule has 11 heteroatoms. The molecule has 1 aliphatic heterocycles. The Morgan fingerprint density at radius 1 is 0.767 bits per heavy atom. The average molecular weight is 457 g/mol. The molecule has 3 aromatic rings. The van der Waals surface area contributed by atoms with Crippen LogP contribution in [0, 0.1) is 11.6 Å². The van der Waals surface area contributed by atoms with Gasteiger partial charge in [-0.1, -0.05) is 12.1 Å². The lowest BCUT2D eigenvalue weighted by atomic mass is 10.3. The molecule has 0 bridgehead atoms. The second-order valence-corrected chi connectivity index (χ2v) is 6.15. The summed E-state index contributed by atoms with van der Waals surface area (Å²) in [4.78, 5) is 15.2. The Kier molecular flexibility index (Phi) is 8.52. The van der Waals surface area contributed by atoms with Crippen molar-refractivity contribution in [3.63, 3.8) is 0 Å². The van der Waals surface area contributed by atoms with Gasteiger partial charge >= 0.3 is 0 Å². The molecule has 0 aliphatic carbocycles. The Morgan fingerprint density at radius 3 is 1.73 bits per heavy atom. The third-order valence-corrected chi connectivity index (χ3v) is 4.08. The van der Waals surface area contributed by atoms with Crippen LogP contribution in [0.5, 0.6) is 0 Å². The summed E-state index contributed by atoms with van der Waals surface area (Å²) in [6, 6.07) is 12.0. The maximum Gasteiger partial charge on any atom is 0.233 e. The molecule has 0 radical (unpaired) electrons. The number of benzene rings is 2. The van der Waals surface area contributed by atoms with Crippen LogP contribution in [-0.4, -0.2) is 41.3 Å². The van der Waals surface area contributed by atoms with Crippen LogP contribution in [0.2, 0.25) is 0 Å².